The van der Waals surface area contributed by atoms with Crippen molar-refractivity contribution in [1.82, 2.24) is 5.32 Å². The third-order valence-electron chi connectivity index (χ3n) is 4.56. The summed E-state index contributed by atoms with van der Waals surface area (Å²) < 4.78 is 58.9. The van der Waals surface area contributed by atoms with Gasteiger partial charge in [-0.05, 0) is 19.1 Å². The molecule has 5 atom stereocenters. The summed E-state index contributed by atoms with van der Waals surface area (Å²) in [6, 6.07) is 4.44. The zero-order valence-electron chi connectivity index (χ0n) is 20.0. The van der Waals surface area contributed by atoms with Crippen LogP contribution in [-0.4, -0.2) is 69.5 Å². The molecule has 1 aromatic carbocycles. The van der Waals surface area contributed by atoms with E-state index in [9.17, 15) is 27.6 Å². The Kier molecular flexibility index (Phi) is 8.58. The quantitative estimate of drug-likeness (QED) is 0.297. The standard InChI is InChI=1S/C21H27NO11S/c1-11-6-8-16(9-7-11)34(27,28)29-10-17-19(30-13(3)24)20(31-14(4)25)18(22-12(2)23)21(33-17)32-15(5)26/h6-9,17-21H,10H2,1-5H3,(H,22,23)/t17-,18-,19+,20-,21?/m1/s1/i2D. The number of benzene rings is 1. The maximum Gasteiger partial charge on any atom is 0.305 e. The molecule has 0 radical (unpaired) electrons. The summed E-state index contributed by atoms with van der Waals surface area (Å²) in [5.41, 5.74) is 0.823. The van der Waals surface area contributed by atoms with Crippen molar-refractivity contribution >= 4 is 33.9 Å². The van der Waals surface area contributed by atoms with Gasteiger partial charge in [0, 0.05) is 29.0 Å². The molecule has 1 heterocycles. The lowest BCUT2D eigenvalue weighted by molar-refractivity contribution is -0.268. The fourth-order valence-electron chi connectivity index (χ4n) is 3.24. The molecule has 0 bridgehead atoms. The minimum atomic E-state index is -4.28. The number of carbonyl (C=O) groups excluding carboxylic acids is 4. The third kappa shape index (κ3) is 7.50. The smallest absolute Gasteiger partial charge is 0.305 e. The molecule has 0 aromatic heterocycles. The highest BCUT2D eigenvalue weighted by Crippen LogP contribution is 2.28. The van der Waals surface area contributed by atoms with E-state index < -0.39 is 78.1 Å². The lowest BCUT2D eigenvalue weighted by Gasteiger charge is -2.44. The van der Waals surface area contributed by atoms with E-state index >= 15 is 0 Å². The maximum absolute atomic E-state index is 12.6. The Labute approximate surface area is 198 Å². The van der Waals surface area contributed by atoms with Crippen LogP contribution in [-0.2, 0) is 52.4 Å². The minimum Gasteiger partial charge on any atom is -0.456 e. The summed E-state index contributed by atoms with van der Waals surface area (Å²) in [7, 11) is -4.28. The molecule has 1 saturated heterocycles. The number of carbonyl (C=O) groups is 4. The second kappa shape index (κ2) is 11.4. The molecule has 0 saturated carbocycles. The predicted molar refractivity (Wildman–Crippen MR) is 113 cm³/mol. The molecule has 34 heavy (non-hydrogen) atoms. The van der Waals surface area contributed by atoms with Crippen LogP contribution in [0.2, 0.25) is 0 Å². The van der Waals surface area contributed by atoms with Gasteiger partial charge in [-0.3, -0.25) is 23.4 Å². The predicted octanol–water partition coefficient (Wildman–Crippen LogP) is 0.356. The number of rotatable bonds is 8. The molecule has 0 spiro atoms. The van der Waals surface area contributed by atoms with Crippen molar-refractivity contribution in [3.8, 4) is 0 Å². The molecule has 0 aliphatic carbocycles. The van der Waals surface area contributed by atoms with Gasteiger partial charge in [0.2, 0.25) is 12.2 Å². The molecule has 1 N–H and O–H groups in total. The summed E-state index contributed by atoms with van der Waals surface area (Å²) in [5, 5.41) is 2.35. The summed E-state index contributed by atoms with van der Waals surface area (Å²) in [4.78, 5) is 47.1. The van der Waals surface area contributed by atoms with Crippen molar-refractivity contribution in [3.05, 3.63) is 29.8 Å². The molecule has 1 aliphatic rings. The first-order chi connectivity index (χ1) is 16.3. The van der Waals surface area contributed by atoms with Crippen LogP contribution in [0.1, 0.15) is 34.6 Å². The Bertz CT molecular complexity index is 1040. The monoisotopic (exact) mass is 502 g/mol. The largest absolute Gasteiger partial charge is 0.456 e. The first-order valence-electron chi connectivity index (χ1n) is 10.8. The highest BCUT2D eigenvalue weighted by atomic mass is 32.2. The van der Waals surface area contributed by atoms with Gasteiger partial charge in [-0.15, -0.1) is 0 Å². The lowest BCUT2D eigenvalue weighted by Crippen LogP contribution is -2.66. The number of esters is 3. The van der Waals surface area contributed by atoms with Gasteiger partial charge in [-0.25, -0.2) is 0 Å². The van der Waals surface area contributed by atoms with Crippen LogP contribution in [0.15, 0.2) is 29.2 Å². The topological polar surface area (TPSA) is 161 Å². The fraction of sp³-hybridized carbons (Fsp3) is 0.524. The molecule has 1 fully saturated rings. The van der Waals surface area contributed by atoms with Gasteiger partial charge < -0.3 is 24.3 Å². The molecule has 188 valence electrons. The molecule has 1 aliphatic heterocycles. The van der Waals surface area contributed by atoms with Gasteiger partial charge in [-0.1, -0.05) is 17.7 Å². The zero-order valence-corrected chi connectivity index (χ0v) is 19.8. The van der Waals surface area contributed by atoms with E-state index in [0.29, 0.717) is 0 Å². The fourth-order valence-corrected chi connectivity index (χ4v) is 4.15. The molecular formula is C21H27NO11S. The average Bonchev–Trinajstić information content (AvgIpc) is 2.75. The van der Waals surface area contributed by atoms with Crippen LogP contribution in [0.3, 0.4) is 0 Å². The van der Waals surface area contributed by atoms with Gasteiger partial charge in [0.05, 0.1) is 11.5 Å². The summed E-state index contributed by atoms with van der Waals surface area (Å²) in [6.45, 7) is 3.51. The number of ether oxygens (including phenoxy) is 4. The second-order valence-corrected chi connectivity index (χ2v) is 9.06. The van der Waals surface area contributed by atoms with Crippen LogP contribution in [0.25, 0.3) is 0 Å². The van der Waals surface area contributed by atoms with Gasteiger partial charge >= 0.3 is 17.9 Å². The molecule has 2 rings (SSSR count). The molecule has 1 amide bonds. The SMILES string of the molecule is [2H]CC(=O)N[C@H]1C(OC(C)=O)O[C@H](COS(=O)(=O)c2ccc(C)cc2)[C@H](OC(C)=O)[C@@H]1OC(C)=O. The van der Waals surface area contributed by atoms with Gasteiger partial charge in [0.25, 0.3) is 10.1 Å². The van der Waals surface area contributed by atoms with E-state index in [1.54, 1.807) is 19.1 Å². The van der Waals surface area contributed by atoms with E-state index in [2.05, 4.69) is 5.32 Å². The summed E-state index contributed by atoms with van der Waals surface area (Å²) >= 11 is 0. The molecule has 1 aromatic rings. The van der Waals surface area contributed by atoms with E-state index in [0.717, 1.165) is 26.3 Å². The average molecular weight is 503 g/mol. The Morgan fingerprint density at radius 2 is 1.53 bits per heavy atom. The normalized spacial score (nSPS) is 24.9. The van der Waals surface area contributed by atoms with Gasteiger partial charge in [0.1, 0.15) is 12.1 Å². The molecular weight excluding hydrogens is 474 g/mol. The highest BCUT2D eigenvalue weighted by molar-refractivity contribution is 7.86. The Balaban J connectivity index is 2.41. The van der Waals surface area contributed by atoms with Crippen molar-refractivity contribution in [3.63, 3.8) is 0 Å². The maximum atomic E-state index is 12.6. The van der Waals surface area contributed by atoms with E-state index in [-0.39, 0.29) is 4.90 Å². The van der Waals surface area contributed by atoms with Crippen molar-refractivity contribution < 1.29 is 52.1 Å². The van der Waals surface area contributed by atoms with Crippen LogP contribution in [0, 0.1) is 6.92 Å². The van der Waals surface area contributed by atoms with Crippen LogP contribution in [0.5, 0.6) is 0 Å². The number of amides is 1. The summed E-state index contributed by atoms with van der Waals surface area (Å²) in [6.07, 6.45) is -5.93. The summed E-state index contributed by atoms with van der Waals surface area (Å²) in [5.74, 6) is -3.34. The number of nitrogens with one attached hydrogen (secondary N) is 1. The Morgan fingerprint density at radius 1 is 0.971 bits per heavy atom. The lowest BCUT2D eigenvalue weighted by atomic mass is 9.96. The van der Waals surface area contributed by atoms with E-state index in [1.807, 2.05) is 0 Å². The third-order valence-corrected chi connectivity index (χ3v) is 5.85. The van der Waals surface area contributed by atoms with Gasteiger partial charge in [0.15, 0.2) is 12.2 Å². The highest BCUT2D eigenvalue weighted by Gasteiger charge is 2.52. The first-order valence-corrected chi connectivity index (χ1v) is 11.5. The van der Waals surface area contributed by atoms with Crippen molar-refractivity contribution in [1.29, 1.82) is 0 Å². The molecule has 12 nitrogen and oxygen atoms in total. The Hall–Kier alpha value is -3.03. The van der Waals surface area contributed by atoms with Gasteiger partial charge in [-0.2, -0.15) is 8.42 Å². The number of hydrogen-bond acceptors (Lipinski definition) is 11. The Morgan fingerprint density at radius 3 is 2.06 bits per heavy atom. The molecule has 1 unspecified atom stereocenters. The second-order valence-electron chi connectivity index (χ2n) is 7.45. The van der Waals surface area contributed by atoms with Crippen molar-refractivity contribution in [2.75, 3.05) is 6.61 Å². The molecule has 13 heteroatoms. The van der Waals surface area contributed by atoms with E-state index in [4.69, 9.17) is 24.5 Å². The zero-order chi connectivity index (χ0) is 26.3. The van der Waals surface area contributed by atoms with E-state index in [1.165, 1.54) is 12.1 Å². The minimum absolute atomic E-state index is 0.142. The number of aryl methyl sites for hydroxylation is 1. The van der Waals surface area contributed by atoms with Crippen LogP contribution < -0.4 is 5.32 Å². The van der Waals surface area contributed by atoms with Crippen LogP contribution >= 0.6 is 0 Å². The van der Waals surface area contributed by atoms with Crippen LogP contribution in [0.4, 0.5) is 0 Å². The van der Waals surface area contributed by atoms with Crippen molar-refractivity contribution in [2.45, 2.75) is 70.1 Å². The number of hydrogen-bond donors (Lipinski definition) is 1. The van der Waals surface area contributed by atoms with Crippen molar-refractivity contribution in [2.24, 2.45) is 0 Å². The first kappa shape index (κ1) is 25.6.